The Bertz CT molecular complexity index is 205. The number of halogens is 1. The average Bonchev–Trinajstić information content (AvgIpc) is 2.03. The van der Waals surface area contributed by atoms with Gasteiger partial charge in [0.2, 0.25) is 10.0 Å². The third-order valence-electron chi connectivity index (χ3n) is 1.46. The van der Waals surface area contributed by atoms with Gasteiger partial charge in [0.25, 0.3) is 0 Å². The lowest BCUT2D eigenvalue weighted by Crippen LogP contribution is -2.35. The van der Waals surface area contributed by atoms with Gasteiger partial charge >= 0.3 is 0 Å². The molecular weight excluding hydrogens is 202 g/mol. The van der Waals surface area contributed by atoms with Crippen LogP contribution in [0.2, 0.25) is 0 Å². The number of nitrogens with one attached hydrogen (secondary N) is 1. The highest BCUT2D eigenvalue weighted by Gasteiger charge is 2.14. The van der Waals surface area contributed by atoms with Gasteiger partial charge in [-0.3, -0.25) is 0 Å². The molecule has 0 spiro atoms. The summed E-state index contributed by atoms with van der Waals surface area (Å²) in [4.78, 5) is 0. The molecule has 0 heterocycles. The fourth-order valence-electron chi connectivity index (χ4n) is 0.788. The summed E-state index contributed by atoms with van der Waals surface area (Å²) in [6.07, 6.45) is 1.07. The van der Waals surface area contributed by atoms with Crippen LogP contribution in [0.3, 0.4) is 0 Å². The van der Waals surface area contributed by atoms with E-state index in [0.29, 0.717) is 12.8 Å². The molecular formula is C6H14ClNO3S. The van der Waals surface area contributed by atoms with Gasteiger partial charge in [0.05, 0.1) is 0 Å². The predicted octanol–water partition coefficient (Wildman–Crippen LogP) is 0.263. The zero-order chi connectivity index (χ0) is 9.61. The lowest BCUT2D eigenvalue weighted by molar-refractivity contribution is 0.270. The quantitative estimate of drug-likeness (QED) is 0.625. The molecule has 0 aromatic rings. The molecule has 0 radical (unpaired) electrons. The SMILES string of the molecule is CCC(CCO)NS(=O)(=O)CCl. The molecule has 0 aliphatic rings. The van der Waals surface area contributed by atoms with Gasteiger partial charge in [0, 0.05) is 12.6 Å². The number of rotatable bonds is 6. The van der Waals surface area contributed by atoms with Crippen molar-refractivity contribution in [3.05, 3.63) is 0 Å². The first-order valence-electron chi connectivity index (χ1n) is 3.72. The Kier molecular flexibility index (Phi) is 5.82. The second-order valence-corrected chi connectivity index (χ2v) is 4.80. The summed E-state index contributed by atoms with van der Waals surface area (Å²) in [6.45, 7) is 1.82. The van der Waals surface area contributed by atoms with Gasteiger partial charge in [-0.15, -0.1) is 11.6 Å². The van der Waals surface area contributed by atoms with E-state index in [1.54, 1.807) is 0 Å². The number of aliphatic hydroxyl groups excluding tert-OH is 1. The molecule has 0 saturated heterocycles. The molecule has 2 N–H and O–H groups in total. The molecule has 0 fully saturated rings. The summed E-state index contributed by atoms with van der Waals surface area (Å²) >= 11 is 5.18. The molecule has 12 heavy (non-hydrogen) atoms. The zero-order valence-electron chi connectivity index (χ0n) is 6.96. The molecule has 4 nitrogen and oxygen atoms in total. The Labute approximate surface area is 78.0 Å². The first-order chi connectivity index (χ1) is 5.55. The summed E-state index contributed by atoms with van der Waals surface area (Å²) in [5.41, 5.74) is 0. The fourth-order valence-corrected chi connectivity index (χ4v) is 1.83. The van der Waals surface area contributed by atoms with E-state index in [9.17, 15) is 8.42 Å². The van der Waals surface area contributed by atoms with Crippen LogP contribution in [0, 0.1) is 0 Å². The molecule has 1 unspecified atom stereocenters. The Morgan fingerprint density at radius 3 is 2.50 bits per heavy atom. The van der Waals surface area contributed by atoms with Gasteiger partial charge in [-0.1, -0.05) is 6.92 Å². The Morgan fingerprint density at radius 1 is 1.58 bits per heavy atom. The largest absolute Gasteiger partial charge is 0.396 e. The van der Waals surface area contributed by atoms with Gasteiger partial charge < -0.3 is 5.11 Å². The topological polar surface area (TPSA) is 66.4 Å². The molecule has 0 rings (SSSR count). The van der Waals surface area contributed by atoms with E-state index in [1.807, 2.05) is 6.92 Å². The van der Waals surface area contributed by atoms with Gasteiger partial charge in [-0.05, 0) is 12.8 Å². The van der Waals surface area contributed by atoms with E-state index in [1.165, 1.54) is 0 Å². The summed E-state index contributed by atoms with van der Waals surface area (Å²) in [6, 6.07) is -0.209. The number of aliphatic hydroxyl groups is 1. The van der Waals surface area contributed by atoms with E-state index in [-0.39, 0.29) is 12.6 Å². The van der Waals surface area contributed by atoms with E-state index in [2.05, 4.69) is 4.72 Å². The highest BCUT2D eigenvalue weighted by molar-refractivity contribution is 7.90. The fraction of sp³-hybridized carbons (Fsp3) is 1.00. The van der Waals surface area contributed by atoms with Crippen molar-refractivity contribution >= 4 is 21.6 Å². The van der Waals surface area contributed by atoms with E-state index in [0.717, 1.165) is 0 Å². The van der Waals surface area contributed by atoms with Crippen molar-refractivity contribution in [1.82, 2.24) is 4.72 Å². The predicted molar refractivity (Wildman–Crippen MR) is 48.6 cm³/mol. The van der Waals surface area contributed by atoms with Gasteiger partial charge in [-0.2, -0.15) is 0 Å². The molecule has 0 aliphatic carbocycles. The molecule has 0 aromatic carbocycles. The minimum Gasteiger partial charge on any atom is -0.396 e. The molecule has 0 amide bonds. The van der Waals surface area contributed by atoms with Crippen molar-refractivity contribution in [3.8, 4) is 0 Å². The number of hydrogen-bond acceptors (Lipinski definition) is 3. The van der Waals surface area contributed by atoms with Crippen LogP contribution < -0.4 is 4.72 Å². The molecule has 0 saturated carbocycles. The van der Waals surface area contributed by atoms with Gasteiger partial charge in [0.15, 0.2) is 0 Å². The van der Waals surface area contributed by atoms with Crippen molar-refractivity contribution in [2.45, 2.75) is 25.8 Å². The standard InChI is InChI=1S/C6H14ClNO3S/c1-2-6(3-4-9)8-12(10,11)5-7/h6,8-9H,2-5H2,1H3. The Balaban J connectivity index is 4.02. The summed E-state index contributed by atoms with van der Waals surface area (Å²) in [5.74, 6) is 0. The van der Waals surface area contributed by atoms with Crippen LogP contribution >= 0.6 is 11.6 Å². The maximum atomic E-state index is 10.9. The minimum absolute atomic E-state index is 0.0245. The second kappa shape index (κ2) is 5.75. The van der Waals surface area contributed by atoms with E-state index < -0.39 is 15.2 Å². The molecule has 1 atom stereocenters. The normalized spacial score (nSPS) is 14.6. The van der Waals surface area contributed by atoms with Crippen LogP contribution in [0.25, 0.3) is 0 Å². The van der Waals surface area contributed by atoms with Gasteiger partial charge in [0.1, 0.15) is 5.21 Å². The third kappa shape index (κ3) is 4.92. The highest BCUT2D eigenvalue weighted by Crippen LogP contribution is 2.00. The van der Waals surface area contributed by atoms with Crippen molar-refractivity contribution in [2.24, 2.45) is 0 Å². The lowest BCUT2D eigenvalue weighted by atomic mass is 10.2. The Hall–Kier alpha value is 0.160. The van der Waals surface area contributed by atoms with Gasteiger partial charge in [-0.25, -0.2) is 13.1 Å². The first-order valence-corrected chi connectivity index (χ1v) is 5.91. The van der Waals surface area contributed by atoms with Crippen molar-refractivity contribution in [3.63, 3.8) is 0 Å². The van der Waals surface area contributed by atoms with Crippen molar-refractivity contribution < 1.29 is 13.5 Å². The smallest absolute Gasteiger partial charge is 0.225 e. The van der Waals surface area contributed by atoms with Crippen LogP contribution in [0.15, 0.2) is 0 Å². The van der Waals surface area contributed by atoms with Crippen LogP contribution in [-0.4, -0.2) is 31.4 Å². The summed E-state index contributed by atoms with van der Waals surface area (Å²) in [5, 5.41) is 8.13. The number of alkyl halides is 1. The van der Waals surface area contributed by atoms with Crippen LogP contribution in [-0.2, 0) is 10.0 Å². The molecule has 0 bridgehead atoms. The van der Waals surface area contributed by atoms with Crippen LogP contribution in [0.1, 0.15) is 19.8 Å². The average molecular weight is 216 g/mol. The van der Waals surface area contributed by atoms with E-state index in [4.69, 9.17) is 16.7 Å². The second-order valence-electron chi connectivity index (χ2n) is 2.46. The monoisotopic (exact) mass is 215 g/mol. The lowest BCUT2D eigenvalue weighted by Gasteiger charge is -2.13. The van der Waals surface area contributed by atoms with Crippen molar-refractivity contribution in [2.75, 3.05) is 11.8 Å². The van der Waals surface area contributed by atoms with E-state index >= 15 is 0 Å². The maximum Gasteiger partial charge on any atom is 0.225 e. The Morgan fingerprint density at radius 2 is 2.17 bits per heavy atom. The van der Waals surface area contributed by atoms with Crippen molar-refractivity contribution in [1.29, 1.82) is 0 Å². The molecule has 6 heteroatoms. The summed E-state index contributed by atoms with van der Waals surface area (Å²) in [7, 11) is -3.35. The maximum absolute atomic E-state index is 10.9. The number of sulfonamides is 1. The van der Waals surface area contributed by atoms with Crippen LogP contribution in [0.5, 0.6) is 0 Å². The molecule has 0 aromatic heterocycles. The number of hydrogen-bond donors (Lipinski definition) is 2. The molecule has 74 valence electrons. The highest BCUT2D eigenvalue weighted by atomic mass is 35.5. The molecule has 0 aliphatic heterocycles. The zero-order valence-corrected chi connectivity index (χ0v) is 8.53. The third-order valence-corrected chi connectivity index (χ3v) is 3.30. The first kappa shape index (κ1) is 12.2. The van der Waals surface area contributed by atoms with Crippen LogP contribution in [0.4, 0.5) is 0 Å². The summed E-state index contributed by atoms with van der Waals surface area (Å²) < 4.78 is 24.2. The minimum atomic E-state index is -3.35.